The van der Waals surface area contributed by atoms with Crippen LogP contribution in [0.5, 0.6) is 17.2 Å². The van der Waals surface area contributed by atoms with Gasteiger partial charge in [0.05, 0.1) is 19.9 Å². The highest BCUT2D eigenvalue weighted by Crippen LogP contribution is 2.29. The van der Waals surface area contributed by atoms with Gasteiger partial charge in [0.15, 0.2) is 17.2 Å². The fourth-order valence-electron chi connectivity index (χ4n) is 3.08. The van der Waals surface area contributed by atoms with Crippen LogP contribution in [-0.2, 0) is 0 Å². The molecule has 4 rings (SSSR count). The number of aromatic hydroxyl groups is 1. The Hall–Kier alpha value is -4.94. The van der Waals surface area contributed by atoms with Gasteiger partial charge in [-0.2, -0.15) is 9.78 Å². The second-order valence-electron chi connectivity index (χ2n) is 6.73. The molecular weight excluding hydrogens is 444 g/mol. The summed E-state index contributed by atoms with van der Waals surface area (Å²) in [6.45, 7) is 2.38. The number of amides is 1. The van der Waals surface area contributed by atoms with Gasteiger partial charge in [0.2, 0.25) is 11.6 Å². The second-order valence-corrected chi connectivity index (χ2v) is 6.73. The van der Waals surface area contributed by atoms with Crippen LogP contribution in [0.15, 0.2) is 52.2 Å². The highest BCUT2D eigenvalue weighted by molar-refractivity contribution is 5.99. The number of methoxy groups -OCH3 is 1. The largest absolute Gasteiger partial charge is 0.504 e. The molecule has 0 saturated carbocycles. The molecule has 0 bridgehead atoms. The first kappa shape index (κ1) is 22.3. The SMILES string of the molecule is CCOc1ccc(-c2c(C(=O)N/N=C\c3cccc(OC)c3O)nnn2-c2nonc2N)cc1. The van der Waals surface area contributed by atoms with Crippen LogP contribution >= 0.6 is 0 Å². The van der Waals surface area contributed by atoms with Gasteiger partial charge in [0.25, 0.3) is 5.91 Å². The van der Waals surface area contributed by atoms with Gasteiger partial charge in [0.1, 0.15) is 11.4 Å². The van der Waals surface area contributed by atoms with E-state index in [4.69, 9.17) is 15.2 Å². The van der Waals surface area contributed by atoms with Gasteiger partial charge in [-0.05, 0) is 53.6 Å². The Morgan fingerprint density at radius 1 is 1.26 bits per heavy atom. The van der Waals surface area contributed by atoms with E-state index in [0.717, 1.165) is 0 Å². The van der Waals surface area contributed by atoms with Crippen LogP contribution in [0.3, 0.4) is 0 Å². The summed E-state index contributed by atoms with van der Waals surface area (Å²) in [4.78, 5) is 12.9. The van der Waals surface area contributed by atoms with E-state index in [2.05, 4.69) is 35.8 Å². The number of rotatable bonds is 8. The van der Waals surface area contributed by atoms with E-state index in [-0.39, 0.29) is 34.5 Å². The molecule has 0 unspecified atom stereocenters. The lowest BCUT2D eigenvalue weighted by atomic mass is 10.1. The second kappa shape index (κ2) is 9.68. The predicted molar refractivity (Wildman–Crippen MR) is 120 cm³/mol. The van der Waals surface area contributed by atoms with Crippen LogP contribution in [0.25, 0.3) is 17.1 Å². The summed E-state index contributed by atoms with van der Waals surface area (Å²) in [5.41, 5.74) is 9.34. The van der Waals surface area contributed by atoms with Crippen molar-refractivity contribution in [2.45, 2.75) is 6.92 Å². The van der Waals surface area contributed by atoms with Crippen molar-refractivity contribution in [2.24, 2.45) is 5.10 Å². The van der Waals surface area contributed by atoms with Crippen molar-refractivity contribution in [2.75, 3.05) is 19.5 Å². The number of ether oxygens (including phenoxy) is 2. The van der Waals surface area contributed by atoms with E-state index in [0.29, 0.717) is 23.5 Å². The van der Waals surface area contributed by atoms with Crippen molar-refractivity contribution in [1.29, 1.82) is 0 Å². The number of phenolic OH excluding ortho intramolecular Hbond substituents is 1. The normalized spacial score (nSPS) is 11.0. The number of carbonyl (C=O) groups is 1. The van der Waals surface area contributed by atoms with Gasteiger partial charge >= 0.3 is 0 Å². The van der Waals surface area contributed by atoms with E-state index in [1.165, 1.54) is 18.0 Å². The number of aromatic nitrogens is 5. The maximum Gasteiger partial charge on any atom is 0.294 e. The number of benzene rings is 2. The average molecular weight is 464 g/mol. The fraction of sp³-hybridized carbons (Fsp3) is 0.143. The van der Waals surface area contributed by atoms with Crippen molar-refractivity contribution in [3.05, 3.63) is 53.7 Å². The smallest absolute Gasteiger partial charge is 0.294 e. The molecule has 0 spiro atoms. The number of nitrogens with two attached hydrogens (primary N) is 1. The molecule has 0 radical (unpaired) electrons. The molecule has 174 valence electrons. The summed E-state index contributed by atoms with van der Waals surface area (Å²) in [5, 5.41) is 29.3. The number of nitrogens with one attached hydrogen (secondary N) is 1. The number of carbonyl (C=O) groups excluding carboxylic acids is 1. The molecule has 13 nitrogen and oxygen atoms in total. The molecule has 4 aromatic rings. The number of para-hydroxylation sites is 1. The Bertz CT molecular complexity index is 1330. The Balaban J connectivity index is 1.67. The molecule has 2 heterocycles. The number of phenols is 1. The van der Waals surface area contributed by atoms with Crippen LogP contribution in [0.4, 0.5) is 5.82 Å². The molecule has 2 aromatic heterocycles. The standard InChI is InChI=1S/C21H20N8O5/c1-3-33-14-9-7-12(8-10-14)17-16(24-28-29(17)20-19(22)26-34-27-20)21(31)25-23-11-13-5-4-6-15(32-2)18(13)30/h4-11,30H,3H2,1-2H3,(H2,22,26)(H,25,31)/b23-11-. The maximum absolute atomic E-state index is 12.9. The van der Waals surface area contributed by atoms with Crippen molar-refractivity contribution >= 4 is 17.9 Å². The van der Waals surface area contributed by atoms with Crippen molar-refractivity contribution in [1.82, 2.24) is 30.7 Å². The Morgan fingerprint density at radius 2 is 2.06 bits per heavy atom. The lowest BCUT2D eigenvalue weighted by Gasteiger charge is -2.08. The van der Waals surface area contributed by atoms with E-state index in [1.807, 2.05) is 6.92 Å². The number of hydrogen-bond donors (Lipinski definition) is 3. The van der Waals surface area contributed by atoms with E-state index in [9.17, 15) is 9.90 Å². The van der Waals surface area contributed by atoms with E-state index < -0.39 is 5.91 Å². The quantitative estimate of drug-likeness (QED) is 0.257. The molecule has 13 heteroatoms. The fourth-order valence-corrected chi connectivity index (χ4v) is 3.08. The van der Waals surface area contributed by atoms with Crippen LogP contribution < -0.4 is 20.6 Å². The third kappa shape index (κ3) is 4.34. The van der Waals surface area contributed by atoms with E-state index >= 15 is 0 Å². The van der Waals surface area contributed by atoms with Gasteiger partial charge in [-0.15, -0.1) is 5.10 Å². The topological polar surface area (TPSA) is 176 Å². The molecule has 0 atom stereocenters. The first-order chi connectivity index (χ1) is 16.5. The zero-order valence-corrected chi connectivity index (χ0v) is 18.2. The molecule has 0 aliphatic heterocycles. The molecule has 0 aliphatic carbocycles. The first-order valence-corrected chi connectivity index (χ1v) is 10.00. The lowest BCUT2D eigenvalue weighted by molar-refractivity contribution is 0.0950. The van der Waals surface area contributed by atoms with Crippen molar-refractivity contribution in [3.63, 3.8) is 0 Å². The van der Waals surface area contributed by atoms with Crippen molar-refractivity contribution < 1.29 is 24.0 Å². The molecule has 0 saturated heterocycles. The number of nitrogen functional groups attached to an aromatic ring is 1. The zero-order valence-electron chi connectivity index (χ0n) is 18.2. The number of hydrogen-bond acceptors (Lipinski definition) is 11. The van der Waals surface area contributed by atoms with Crippen LogP contribution in [0.2, 0.25) is 0 Å². The number of anilines is 1. The van der Waals surface area contributed by atoms with Crippen LogP contribution in [-0.4, -0.2) is 56.3 Å². The predicted octanol–water partition coefficient (Wildman–Crippen LogP) is 1.78. The minimum atomic E-state index is -0.663. The maximum atomic E-state index is 12.9. The third-order valence-corrected chi connectivity index (χ3v) is 4.64. The molecular formula is C21H20N8O5. The average Bonchev–Trinajstić information content (AvgIpc) is 3.47. The summed E-state index contributed by atoms with van der Waals surface area (Å²) in [6.07, 6.45) is 1.27. The molecule has 0 aliphatic rings. The molecule has 0 fully saturated rings. The summed E-state index contributed by atoms with van der Waals surface area (Å²) in [5.74, 6) is 0.189. The monoisotopic (exact) mass is 464 g/mol. The van der Waals surface area contributed by atoms with Crippen LogP contribution in [0, 0.1) is 0 Å². The van der Waals surface area contributed by atoms with Gasteiger partial charge in [-0.1, -0.05) is 11.3 Å². The molecule has 2 aromatic carbocycles. The summed E-state index contributed by atoms with van der Waals surface area (Å²) in [7, 11) is 1.43. The zero-order chi connectivity index (χ0) is 24.1. The first-order valence-electron chi connectivity index (χ1n) is 10.00. The highest BCUT2D eigenvalue weighted by atomic mass is 16.6. The van der Waals surface area contributed by atoms with Gasteiger partial charge in [0, 0.05) is 11.1 Å². The number of hydrazone groups is 1. The van der Waals surface area contributed by atoms with Gasteiger partial charge in [-0.25, -0.2) is 10.1 Å². The number of nitrogens with zero attached hydrogens (tertiary/aromatic N) is 6. The molecule has 4 N–H and O–H groups in total. The lowest BCUT2D eigenvalue weighted by Crippen LogP contribution is -2.19. The summed E-state index contributed by atoms with van der Waals surface area (Å²) in [6, 6.07) is 11.8. The minimum Gasteiger partial charge on any atom is -0.504 e. The Kier molecular flexibility index (Phi) is 6.34. The Labute approximate surface area is 192 Å². The van der Waals surface area contributed by atoms with E-state index in [1.54, 1.807) is 42.5 Å². The third-order valence-electron chi connectivity index (χ3n) is 4.64. The van der Waals surface area contributed by atoms with Gasteiger partial charge in [-0.3, -0.25) is 4.79 Å². The molecule has 1 amide bonds. The van der Waals surface area contributed by atoms with Crippen LogP contribution in [0.1, 0.15) is 23.0 Å². The molecule has 34 heavy (non-hydrogen) atoms. The highest BCUT2D eigenvalue weighted by Gasteiger charge is 2.25. The van der Waals surface area contributed by atoms with Gasteiger partial charge < -0.3 is 20.3 Å². The summed E-state index contributed by atoms with van der Waals surface area (Å²) >= 11 is 0. The minimum absolute atomic E-state index is 0.0319. The summed E-state index contributed by atoms with van der Waals surface area (Å²) < 4.78 is 16.4. The Morgan fingerprint density at radius 3 is 2.74 bits per heavy atom. The van der Waals surface area contributed by atoms with Crippen molar-refractivity contribution in [3.8, 4) is 34.3 Å².